The molecule has 18 heavy (non-hydrogen) atoms. The lowest BCUT2D eigenvalue weighted by molar-refractivity contribution is -0.139. The third-order valence-corrected chi connectivity index (χ3v) is 3.57. The van der Waals surface area contributed by atoms with Crippen molar-refractivity contribution in [1.82, 2.24) is 10.2 Å². The molecule has 0 aliphatic heterocycles. The van der Waals surface area contributed by atoms with Crippen molar-refractivity contribution in [3.05, 3.63) is 0 Å². The van der Waals surface area contributed by atoms with Gasteiger partial charge in [0.05, 0.1) is 0 Å². The van der Waals surface area contributed by atoms with E-state index in [1.807, 2.05) is 11.8 Å². The molecule has 0 aromatic heterocycles. The minimum atomic E-state index is -0.938. The average Bonchev–Trinajstić information content (AvgIpc) is 3.16. The molecule has 2 rings (SSSR count). The average molecular weight is 254 g/mol. The molecule has 0 saturated heterocycles. The van der Waals surface area contributed by atoms with Gasteiger partial charge in [-0.25, -0.2) is 9.59 Å². The summed E-state index contributed by atoms with van der Waals surface area (Å²) in [6.45, 7) is 2.72. The van der Waals surface area contributed by atoms with Crippen LogP contribution in [-0.2, 0) is 4.79 Å². The van der Waals surface area contributed by atoms with E-state index in [4.69, 9.17) is 5.11 Å². The normalized spacial score (nSPS) is 20.3. The Bertz CT molecular complexity index is 324. The first-order chi connectivity index (χ1) is 8.61. The SMILES string of the molecule is CCC[C@@H](NC(=O)N(CC1CC1)C1CC1)C(=O)O. The van der Waals surface area contributed by atoms with Crippen molar-refractivity contribution >= 4 is 12.0 Å². The molecule has 2 aliphatic carbocycles. The first kappa shape index (κ1) is 13.2. The third kappa shape index (κ3) is 3.62. The van der Waals surface area contributed by atoms with Gasteiger partial charge in [0.15, 0.2) is 0 Å². The monoisotopic (exact) mass is 254 g/mol. The summed E-state index contributed by atoms with van der Waals surface area (Å²) in [5.41, 5.74) is 0. The fourth-order valence-electron chi connectivity index (χ4n) is 2.14. The Labute approximate surface area is 108 Å². The van der Waals surface area contributed by atoms with Crippen LogP contribution in [0.25, 0.3) is 0 Å². The van der Waals surface area contributed by atoms with Crippen LogP contribution >= 0.6 is 0 Å². The van der Waals surface area contributed by atoms with Crippen LogP contribution in [0.1, 0.15) is 45.4 Å². The van der Waals surface area contributed by atoms with E-state index in [9.17, 15) is 9.59 Å². The van der Waals surface area contributed by atoms with E-state index in [1.54, 1.807) is 0 Å². The van der Waals surface area contributed by atoms with E-state index < -0.39 is 12.0 Å². The van der Waals surface area contributed by atoms with Crippen LogP contribution in [0.5, 0.6) is 0 Å². The second kappa shape index (κ2) is 5.59. The smallest absolute Gasteiger partial charge is 0.326 e. The molecule has 5 heteroatoms. The maximum Gasteiger partial charge on any atom is 0.326 e. The molecule has 0 aromatic carbocycles. The highest BCUT2D eigenvalue weighted by Crippen LogP contribution is 2.34. The number of hydrogen-bond acceptors (Lipinski definition) is 2. The van der Waals surface area contributed by atoms with E-state index in [0.29, 0.717) is 18.4 Å². The highest BCUT2D eigenvalue weighted by molar-refractivity contribution is 5.82. The molecule has 1 atom stereocenters. The first-order valence-electron chi connectivity index (χ1n) is 6.91. The molecule has 0 radical (unpaired) electrons. The van der Waals surface area contributed by atoms with E-state index in [0.717, 1.165) is 25.8 Å². The van der Waals surface area contributed by atoms with Crippen LogP contribution < -0.4 is 5.32 Å². The van der Waals surface area contributed by atoms with Gasteiger partial charge in [0, 0.05) is 12.6 Å². The molecule has 2 amide bonds. The molecule has 2 saturated carbocycles. The number of nitrogens with zero attached hydrogens (tertiary/aromatic N) is 1. The molecule has 2 aliphatic rings. The summed E-state index contributed by atoms with van der Waals surface area (Å²) in [6, 6.07) is -0.588. The lowest BCUT2D eigenvalue weighted by atomic mass is 10.2. The van der Waals surface area contributed by atoms with Crippen molar-refractivity contribution in [1.29, 1.82) is 0 Å². The number of carbonyl (C=O) groups excluding carboxylic acids is 1. The van der Waals surface area contributed by atoms with Gasteiger partial charge < -0.3 is 15.3 Å². The van der Waals surface area contributed by atoms with Crippen LogP contribution in [0.4, 0.5) is 4.79 Å². The van der Waals surface area contributed by atoms with Gasteiger partial charge in [-0.05, 0) is 38.0 Å². The largest absolute Gasteiger partial charge is 0.480 e. The minimum absolute atomic E-state index is 0.190. The van der Waals surface area contributed by atoms with Crippen LogP contribution in [-0.4, -0.2) is 40.6 Å². The fourth-order valence-corrected chi connectivity index (χ4v) is 2.14. The zero-order valence-corrected chi connectivity index (χ0v) is 10.9. The lowest BCUT2D eigenvalue weighted by Crippen LogP contribution is -2.49. The topological polar surface area (TPSA) is 69.6 Å². The lowest BCUT2D eigenvalue weighted by Gasteiger charge is -2.25. The molecule has 102 valence electrons. The molecule has 0 heterocycles. The highest BCUT2D eigenvalue weighted by atomic mass is 16.4. The summed E-state index contributed by atoms with van der Waals surface area (Å²) < 4.78 is 0. The summed E-state index contributed by atoms with van der Waals surface area (Å²) >= 11 is 0. The summed E-state index contributed by atoms with van der Waals surface area (Å²) in [4.78, 5) is 25.0. The second-order valence-electron chi connectivity index (χ2n) is 5.46. The van der Waals surface area contributed by atoms with E-state index in [2.05, 4.69) is 5.32 Å². The maximum atomic E-state index is 12.1. The summed E-state index contributed by atoms with van der Waals surface area (Å²) in [6.07, 6.45) is 5.77. The molecule has 0 spiro atoms. The van der Waals surface area contributed by atoms with Gasteiger partial charge in [0.2, 0.25) is 0 Å². The Morgan fingerprint density at radius 2 is 2.00 bits per heavy atom. The van der Waals surface area contributed by atoms with Gasteiger partial charge >= 0.3 is 12.0 Å². The number of carboxylic acid groups (broad SMARTS) is 1. The second-order valence-corrected chi connectivity index (χ2v) is 5.46. The van der Waals surface area contributed by atoms with Crippen molar-refractivity contribution in [3.8, 4) is 0 Å². The quantitative estimate of drug-likeness (QED) is 0.728. The molecular formula is C13H22N2O3. The molecule has 0 aromatic rings. The maximum absolute atomic E-state index is 12.1. The van der Waals surface area contributed by atoms with Crippen molar-refractivity contribution in [2.45, 2.75) is 57.5 Å². The number of carboxylic acids is 1. The van der Waals surface area contributed by atoms with Crippen LogP contribution in [0.2, 0.25) is 0 Å². The van der Waals surface area contributed by atoms with Crippen molar-refractivity contribution in [2.24, 2.45) is 5.92 Å². The molecular weight excluding hydrogens is 232 g/mol. The van der Waals surface area contributed by atoms with Crippen LogP contribution in [0.3, 0.4) is 0 Å². The number of hydrogen-bond donors (Lipinski definition) is 2. The first-order valence-corrected chi connectivity index (χ1v) is 6.91. The number of amides is 2. The standard InChI is InChI=1S/C13H22N2O3/c1-2-3-11(12(16)17)14-13(18)15(10-6-7-10)8-9-4-5-9/h9-11H,2-8H2,1H3,(H,14,18)(H,16,17)/t11-/m1/s1. The van der Waals surface area contributed by atoms with E-state index in [1.165, 1.54) is 12.8 Å². The highest BCUT2D eigenvalue weighted by Gasteiger charge is 2.37. The van der Waals surface area contributed by atoms with E-state index in [-0.39, 0.29) is 6.03 Å². The van der Waals surface area contributed by atoms with E-state index >= 15 is 0 Å². The van der Waals surface area contributed by atoms with Gasteiger partial charge in [-0.3, -0.25) is 0 Å². The Kier molecular flexibility index (Phi) is 4.09. The van der Waals surface area contributed by atoms with Crippen LogP contribution in [0, 0.1) is 5.92 Å². The Balaban J connectivity index is 1.88. The number of carbonyl (C=O) groups is 2. The van der Waals surface area contributed by atoms with Gasteiger partial charge in [0.1, 0.15) is 6.04 Å². The number of nitrogens with one attached hydrogen (secondary N) is 1. The van der Waals surface area contributed by atoms with Gasteiger partial charge in [0.25, 0.3) is 0 Å². The predicted molar refractivity (Wildman–Crippen MR) is 67.3 cm³/mol. The molecule has 5 nitrogen and oxygen atoms in total. The molecule has 0 unspecified atom stereocenters. The Morgan fingerprint density at radius 3 is 2.44 bits per heavy atom. The van der Waals surface area contributed by atoms with Crippen molar-refractivity contribution < 1.29 is 14.7 Å². The van der Waals surface area contributed by atoms with Gasteiger partial charge in [-0.15, -0.1) is 0 Å². The summed E-state index contributed by atoms with van der Waals surface area (Å²) in [7, 11) is 0. The molecule has 2 fully saturated rings. The molecule has 2 N–H and O–H groups in total. The number of rotatable bonds is 7. The Hall–Kier alpha value is -1.26. The van der Waals surface area contributed by atoms with Crippen molar-refractivity contribution in [2.75, 3.05) is 6.54 Å². The number of urea groups is 1. The predicted octanol–water partition coefficient (Wildman–Crippen LogP) is 1.82. The summed E-state index contributed by atoms with van der Waals surface area (Å²) in [5, 5.41) is 11.7. The Morgan fingerprint density at radius 1 is 1.33 bits per heavy atom. The van der Waals surface area contributed by atoms with Crippen molar-refractivity contribution in [3.63, 3.8) is 0 Å². The minimum Gasteiger partial charge on any atom is -0.480 e. The molecule has 0 bridgehead atoms. The van der Waals surface area contributed by atoms with Gasteiger partial charge in [-0.1, -0.05) is 13.3 Å². The zero-order valence-electron chi connectivity index (χ0n) is 10.9. The summed E-state index contributed by atoms with van der Waals surface area (Å²) in [5.74, 6) is -0.293. The fraction of sp³-hybridized carbons (Fsp3) is 0.846. The van der Waals surface area contributed by atoms with Crippen LogP contribution in [0.15, 0.2) is 0 Å². The zero-order chi connectivity index (χ0) is 13.1. The third-order valence-electron chi connectivity index (χ3n) is 3.57. The number of aliphatic carboxylic acids is 1. The van der Waals surface area contributed by atoms with Gasteiger partial charge in [-0.2, -0.15) is 0 Å².